The fraction of sp³-hybridized carbons (Fsp3) is 0. The average Bonchev–Trinajstić information content (AvgIpc) is 3.08. The zero-order chi connectivity index (χ0) is 20.9. The molecule has 0 saturated heterocycles. The first-order chi connectivity index (χ1) is 14.4. The summed E-state index contributed by atoms with van der Waals surface area (Å²) < 4.78 is 28.2. The predicted molar refractivity (Wildman–Crippen MR) is 118 cm³/mol. The minimum absolute atomic E-state index is 0.182. The Hall–Kier alpha value is -3.35. The van der Waals surface area contributed by atoms with Crippen molar-refractivity contribution < 1.29 is 13.5 Å². The molecule has 0 saturated carbocycles. The van der Waals surface area contributed by atoms with Crippen molar-refractivity contribution in [2.75, 3.05) is 0 Å². The highest BCUT2D eigenvalue weighted by Gasteiger charge is 2.24. The molecular formula is C23H15ClN2O3S. The van der Waals surface area contributed by atoms with Crippen molar-refractivity contribution >= 4 is 43.6 Å². The fourth-order valence-electron chi connectivity index (χ4n) is 3.61. The Morgan fingerprint density at radius 3 is 2.27 bits per heavy atom. The predicted octanol–water partition coefficient (Wildman–Crippen LogP) is 5.45. The van der Waals surface area contributed by atoms with Crippen molar-refractivity contribution in [3.8, 4) is 16.9 Å². The van der Waals surface area contributed by atoms with Gasteiger partial charge >= 0.3 is 0 Å². The smallest absolute Gasteiger partial charge is 0.269 e. The van der Waals surface area contributed by atoms with Gasteiger partial charge in [-0.3, -0.25) is 0 Å². The lowest BCUT2D eigenvalue weighted by Crippen LogP contribution is -2.13. The van der Waals surface area contributed by atoms with Gasteiger partial charge in [0.25, 0.3) is 10.0 Å². The zero-order valence-corrected chi connectivity index (χ0v) is 17.1. The number of aromatic hydroxyl groups is 1. The fourth-order valence-corrected chi connectivity index (χ4v) is 5.27. The summed E-state index contributed by atoms with van der Waals surface area (Å²) in [5, 5.41) is 11.4. The number of halogens is 1. The van der Waals surface area contributed by atoms with Crippen molar-refractivity contribution in [2.45, 2.75) is 4.90 Å². The van der Waals surface area contributed by atoms with E-state index < -0.39 is 10.0 Å². The van der Waals surface area contributed by atoms with E-state index in [9.17, 15) is 13.5 Å². The van der Waals surface area contributed by atoms with Crippen LogP contribution in [0.4, 0.5) is 0 Å². The van der Waals surface area contributed by atoms with Gasteiger partial charge in [0.05, 0.1) is 15.4 Å². The van der Waals surface area contributed by atoms with Gasteiger partial charge in [-0.2, -0.15) is 0 Å². The van der Waals surface area contributed by atoms with E-state index in [-0.39, 0.29) is 10.6 Å². The van der Waals surface area contributed by atoms with Crippen LogP contribution in [0.5, 0.6) is 5.75 Å². The summed E-state index contributed by atoms with van der Waals surface area (Å²) in [6, 6.07) is 22.4. The second-order valence-electron chi connectivity index (χ2n) is 6.89. The van der Waals surface area contributed by atoms with Crippen molar-refractivity contribution in [3.63, 3.8) is 0 Å². The maximum absolute atomic E-state index is 13.5. The zero-order valence-electron chi connectivity index (χ0n) is 15.5. The van der Waals surface area contributed by atoms with Gasteiger partial charge in [0.1, 0.15) is 5.75 Å². The number of hydrogen-bond acceptors (Lipinski definition) is 4. The van der Waals surface area contributed by atoms with Crippen LogP contribution in [0.25, 0.3) is 33.1 Å². The highest BCUT2D eigenvalue weighted by molar-refractivity contribution is 7.90. The van der Waals surface area contributed by atoms with E-state index in [2.05, 4.69) is 4.98 Å². The molecule has 2 heterocycles. The first-order valence-electron chi connectivity index (χ1n) is 9.15. The summed E-state index contributed by atoms with van der Waals surface area (Å²) in [7, 11) is -3.87. The van der Waals surface area contributed by atoms with Gasteiger partial charge in [-0.05, 0) is 53.6 Å². The summed E-state index contributed by atoms with van der Waals surface area (Å²) in [5.41, 5.74) is 2.63. The summed E-state index contributed by atoms with van der Waals surface area (Å²) in [6.07, 6.45) is 1.45. The van der Waals surface area contributed by atoms with Crippen molar-refractivity contribution in [1.82, 2.24) is 8.96 Å². The van der Waals surface area contributed by atoms with E-state index in [0.717, 1.165) is 16.5 Å². The van der Waals surface area contributed by atoms with Gasteiger partial charge in [-0.15, -0.1) is 0 Å². The number of aromatic nitrogens is 2. The molecule has 3 aromatic carbocycles. The minimum atomic E-state index is -3.87. The molecule has 0 radical (unpaired) electrons. The molecule has 1 N–H and O–H groups in total. The van der Waals surface area contributed by atoms with Crippen molar-refractivity contribution in [1.29, 1.82) is 0 Å². The van der Waals surface area contributed by atoms with Gasteiger partial charge in [-0.25, -0.2) is 17.4 Å². The SMILES string of the molecule is O=S(=O)(c1ccccc1)n1c2ccc(-c3ccc(O)cc3)cc2c2cc(Cl)cnc21. The standard InChI is InChI=1S/C23H15ClN2O3S/c24-17-13-21-20-12-16(15-6-9-18(27)10-7-15)8-11-22(20)26(23(21)25-14-17)30(28,29)19-4-2-1-3-5-19/h1-14,27H. The number of pyridine rings is 1. The van der Waals surface area contributed by atoms with Crippen LogP contribution in [-0.4, -0.2) is 22.5 Å². The quantitative estimate of drug-likeness (QED) is 0.409. The van der Waals surface area contributed by atoms with Crippen molar-refractivity contribution in [3.05, 3.63) is 90.1 Å². The van der Waals surface area contributed by atoms with Crippen molar-refractivity contribution in [2.24, 2.45) is 0 Å². The van der Waals surface area contributed by atoms with E-state index >= 15 is 0 Å². The van der Waals surface area contributed by atoms with Crippen LogP contribution in [0.2, 0.25) is 5.02 Å². The largest absolute Gasteiger partial charge is 0.508 e. The van der Waals surface area contributed by atoms with Gasteiger partial charge in [-0.1, -0.05) is 48.0 Å². The molecule has 30 heavy (non-hydrogen) atoms. The molecule has 0 fully saturated rings. The lowest BCUT2D eigenvalue weighted by molar-refractivity contribution is 0.475. The van der Waals surface area contributed by atoms with E-state index in [4.69, 9.17) is 11.6 Å². The molecule has 5 rings (SSSR count). The highest BCUT2D eigenvalue weighted by Crippen LogP contribution is 2.35. The van der Waals surface area contributed by atoms with Crippen LogP contribution in [0, 0.1) is 0 Å². The minimum Gasteiger partial charge on any atom is -0.508 e. The number of fused-ring (bicyclic) bond motifs is 3. The van der Waals surface area contributed by atoms with Crippen LogP contribution in [0.15, 0.2) is 90.0 Å². The monoisotopic (exact) mass is 434 g/mol. The number of nitrogens with zero attached hydrogens (tertiary/aromatic N) is 2. The Kier molecular flexibility index (Phi) is 4.27. The second-order valence-corrected chi connectivity index (χ2v) is 9.11. The molecule has 0 aliphatic carbocycles. The molecule has 7 heteroatoms. The molecule has 0 bridgehead atoms. The van der Waals surface area contributed by atoms with Crippen LogP contribution in [0.1, 0.15) is 0 Å². The van der Waals surface area contributed by atoms with E-state index in [0.29, 0.717) is 21.6 Å². The van der Waals surface area contributed by atoms with Gasteiger partial charge < -0.3 is 5.11 Å². The molecule has 148 valence electrons. The number of rotatable bonds is 3. The lowest BCUT2D eigenvalue weighted by atomic mass is 10.0. The van der Waals surface area contributed by atoms with E-state index in [1.807, 2.05) is 24.3 Å². The molecule has 0 aliphatic rings. The van der Waals surface area contributed by atoms with Gasteiger partial charge in [0.15, 0.2) is 5.65 Å². The first kappa shape index (κ1) is 18.7. The molecule has 0 aliphatic heterocycles. The normalized spacial score (nSPS) is 11.9. The topological polar surface area (TPSA) is 72.2 Å². The van der Waals surface area contributed by atoms with Crippen LogP contribution >= 0.6 is 11.6 Å². The maximum Gasteiger partial charge on any atom is 0.269 e. The number of hydrogen-bond donors (Lipinski definition) is 1. The summed E-state index contributed by atoms with van der Waals surface area (Å²) >= 11 is 6.18. The first-order valence-corrected chi connectivity index (χ1v) is 11.0. The Balaban J connectivity index is 1.84. The van der Waals surface area contributed by atoms with E-state index in [1.54, 1.807) is 54.6 Å². The number of benzene rings is 3. The Bertz CT molecular complexity index is 1510. The second kappa shape index (κ2) is 6.86. The summed E-state index contributed by atoms with van der Waals surface area (Å²) in [4.78, 5) is 4.53. The highest BCUT2D eigenvalue weighted by atomic mass is 35.5. The summed E-state index contributed by atoms with van der Waals surface area (Å²) in [6.45, 7) is 0. The number of phenolic OH excluding ortho intramolecular Hbond substituents is 1. The van der Waals surface area contributed by atoms with Gasteiger partial charge in [0, 0.05) is 17.0 Å². The Morgan fingerprint density at radius 2 is 1.53 bits per heavy atom. The molecule has 0 spiro atoms. The average molecular weight is 435 g/mol. The van der Waals surface area contributed by atoms with Gasteiger partial charge in [0.2, 0.25) is 0 Å². The molecule has 5 nitrogen and oxygen atoms in total. The maximum atomic E-state index is 13.5. The molecule has 0 unspecified atom stereocenters. The summed E-state index contributed by atoms with van der Waals surface area (Å²) in [5.74, 6) is 0.182. The van der Waals surface area contributed by atoms with Crippen LogP contribution in [0.3, 0.4) is 0 Å². The lowest BCUT2D eigenvalue weighted by Gasteiger charge is -2.09. The molecule has 0 amide bonds. The molecule has 2 aromatic heterocycles. The van der Waals surface area contributed by atoms with Crippen LogP contribution < -0.4 is 0 Å². The Morgan fingerprint density at radius 1 is 0.833 bits per heavy atom. The van der Waals surface area contributed by atoms with Crippen LogP contribution in [-0.2, 0) is 10.0 Å². The molecule has 5 aromatic rings. The number of phenols is 1. The van der Waals surface area contributed by atoms with E-state index in [1.165, 1.54) is 10.2 Å². The molecular weight excluding hydrogens is 420 g/mol. The third-order valence-corrected chi connectivity index (χ3v) is 6.94. The molecule has 0 atom stereocenters. The third kappa shape index (κ3) is 2.93. The third-order valence-electron chi connectivity index (χ3n) is 5.01. The Labute approximate surface area is 177 Å².